The number of nitrogens with zero attached hydrogens (tertiary/aromatic N) is 1. The number of halogens is 2. The first-order valence-corrected chi connectivity index (χ1v) is 6.15. The fourth-order valence-electron chi connectivity index (χ4n) is 1.22. The summed E-state index contributed by atoms with van der Waals surface area (Å²) in [4.78, 5) is 11.2. The first kappa shape index (κ1) is 14.0. The molecule has 0 radical (unpaired) electrons. The van der Waals surface area contributed by atoms with Gasteiger partial charge in [0.15, 0.2) is 0 Å². The van der Waals surface area contributed by atoms with E-state index in [1.807, 2.05) is 6.92 Å². The Kier molecular flexibility index (Phi) is 6.01. The molecule has 0 aliphatic heterocycles. The maximum atomic E-state index is 11.2. The van der Waals surface area contributed by atoms with Crippen molar-refractivity contribution in [2.45, 2.75) is 26.2 Å². The van der Waals surface area contributed by atoms with Crippen LogP contribution in [0.2, 0.25) is 10.0 Å². The van der Waals surface area contributed by atoms with E-state index < -0.39 is 0 Å². The highest BCUT2D eigenvalue weighted by molar-refractivity contribution is 6.35. The molecule has 17 heavy (non-hydrogen) atoms. The van der Waals surface area contributed by atoms with Crippen molar-refractivity contribution in [2.24, 2.45) is 5.10 Å². The van der Waals surface area contributed by atoms with E-state index in [9.17, 15) is 4.79 Å². The number of rotatable bonds is 5. The van der Waals surface area contributed by atoms with Gasteiger partial charge in [-0.1, -0.05) is 36.5 Å². The minimum atomic E-state index is -0.0868. The molecule has 0 saturated carbocycles. The predicted octanol–water partition coefficient (Wildman–Crippen LogP) is 3.63. The van der Waals surface area contributed by atoms with Crippen LogP contribution in [0.1, 0.15) is 31.7 Å². The lowest BCUT2D eigenvalue weighted by molar-refractivity contribution is -0.121. The largest absolute Gasteiger partial charge is 0.273 e. The summed E-state index contributed by atoms with van der Waals surface area (Å²) in [7, 11) is 0. The summed E-state index contributed by atoms with van der Waals surface area (Å²) in [5.41, 5.74) is 3.20. The van der Waals surface area contributed by atoms with Gasteiger partial charge >= 0.3 is 0 Å². The van der Waals surface area contributed by atoms with E-state index in [1.165, 1.54) is 6.21 Å². The second kappa shape index (κ2) is 7.30. The van der Waals surface area contributed by atoms with Gasteiger partial charge in [-0.2, -0.15) is 5.10 Å². The average molecular weight is 273 g/mol. The van der Waals surface area contributed by atoms with E-state index >= 15 is 0 Å². The fourth-order valence-corrected chi connectivity index (χ4v) is 1.76. The number of unbranched alkanes of at least 4 members (excludes halogenated alkanes) is 1. The fraction of sp³-hybridized carbons (Fsp3) is 0.333. The van der Waals surface area contributed by atoms with Gasteiger partial charge in [-0.05, 0) is 30.2 Å². The molecule has 0 unspecified atom stereocenters. The summed E-state index contributed by atoms with van der Waals surface area (Å²) in [5.74, 6) is -0.0868. The van der Waals surface area contributed by atoms with Crippen LogP contribution in [0.25, 0.3) is 0 Å². The molecule has 0 bridgehead atoms. The van der Waals surface area contributed by atoms with Crippen LogP contribution in [-0.2, 0) is 4.79 Å². The summed E-state index contributed by atoms with van der Waals surface area (Å²) >= 11 is 11.7. The van der Waals surface area contributed by atoms with Crippen molar-refractivity contribution in [3.8, 4) is 0 Å². The van der Waals surface area contributed by atoms with Crippen LogP contribution in [0.3, 0.4) is 0 Å². The maximum absolute atomic E-state index is 11.2. The Hall–Kier alpha value is -1.06. The van der Waals surface area contributed by atoms with Gasteiger partial charge in [0.1, 0.15) is 0 Å². The summed E-state index contributed by atoms with van der Waals surface area (Å²) in [6.07, 6.45) is 3.86. The molecule has 0 aliphatic carbocycles. The summed E-state index contributed by atoms with van der Waals surface area (Å²) < 4.78 is 0. The van der Waals surface area contributed by atoms with E-state index in [0.29, 0.717) is 16.5 Å². The molecule has 0 heterocycles. The van der Waals surface area contributed by atoms with Crippen molar-refractivity contribution >= 4 is 35.3 Å². The zero-order chi connectivity index (χ0) is 12.7. The number of nitrogens with one attached hydrogen (secondary N) is 1. The van der Waals surface area contributed by atoms with Crippen molar-refractivity contribution in [3.05, 3.63) is 33.8 Å². The summed E-state index contributed by atoms with van der Waals surface area (Å²) in [5, 5.41) is 4.91. The Morgan fingerprint density at radius 3 is 2.59 bits per heavy atom. The van der Waals surface area contributed by atoms with Crippen molar-refractivity contribution in [3.63, 3.8) is 0 Å². The van der Waals surface area contributed by atoms with Gasteiger partial charge in [0, 0.05) is 16.5 Å². The highest BCUT2D eigenvalue weighted by Crippen LogP contribution is 2.17. The number of hydrogen-bond donors (Lipinski definition) is 1. The van der Waals surface area contributed by atoms with Crippen LogP contribution in [-0.4, -0.2) is 12.1 Å². The Bertz CT molecular complexity index is 399. The SMILES string of the molecule is CCCCC(=O)NN=Cc1cc(Cl)cc(Cl)c1. The van der Waals surface area contributed by atoms with Gasteiger partial charge in [0.05, 0.1) is 6.21 Å². The molecule has 92 valence electrons. The molecule has 1 amide bonds. The minimum Gasteiger partial charge on any atom is -0.273 e. The van der Waals surface area contributed by atoms with Crippen LogP contribution >= 0.6 is 23.2 Å². The average Bonchev–Trinajstić information content (AvgIpc) is 2.25. The zero-order valence-corrected chi connectivity index (χ0v) is 11.1. The number of amides is 1. The molecule has 0 spiro atoms. The van der Waals surface area contributed by atoms with Gasteiger partial charge in [0.2, 0.25) is 5.91 Å². The Morgan fingerprint density at radius 2 is 2.00 bits per heavy atom. The molecule has 1 aromatic rings. The van der Waals surface area contributed by atoms with Gasteiger partial charge in [-0.15, -0.1) is 0 Å². The normalized spacial score (nSPS) is 10.8. The molecular formula is C12H14Cl2N2O. The number of carbonyl (C=O) groups is 1. The van der Waals surface area contributed by atoms with Crippen LogP contribution in [0.15, 0.2) is 23.3 Å². The number of carbonyl (C=O) groups excluding carboxylic acids is 1. The zero-order valence-electron chi connectivity index (χ0n) is 9.54. The summed E-state index contributed by atoms with van der Waals surface area (Å²) in [6.45, 7) is 2.03. The first-order chi connectivity index (χ1) is 8.11. The highest BCUT2D eigenvalue weighted by Gasteiger charge is 1.98. The van der Waals surface area contributed by atoms with Crippen molar-refractivity contribution in [2.75, 3.05) is 0 Å². The molecule has 1 N–H and O–H groups in total. The van der Waals surface area contributed by atoms with E-state index in [-0.39, 0.29) is 5.91 Å². The Balaban J connectivity index is 2.50. The third-order valence-corrected chi connectivity index (χ3v) is 2.48. The second-order valence-electron chi connectivity index (χ2n) is 3.60. The molecular weight excluding hydrogens is 259 g/mol. The van der Waals surface area contributed by atoms with E-state index in [1.54, 1.807) is 18.2 Å². The highest BCUT2D eigenvalue weighted by atomic mass is 35.5. The lowest BCUT2D eigenvalue weighted by Crippen LogP contribution is -2.16. The van der Waals surface area contributed by atoms with Crippen LogP contribution in [0.4, 0.5) is 0 Å². The van der Waals surface area contributed by atoms with E-state index in [2.05, 4.69) is 10.5 Å². The van der Waals surface area contributed by atoms with Crippen LogP contribution in [0.5, 0.6) is 0 Å². The van der Waals surface area contributed by atoms with Gasteiger partial charge in [-0.3, -0.25) is 4.79 Å². The van der Waals surface area contributed by atoms with Gasteiger partial charge < -0.3 is 0 Å². The third-order valence-electron chi connectivity index (χ3n) is 2.05. The van der Waals surface area contributed by atoms with E-state index in [0.717, 1.165) is 18.4 Å². The molecule has 0 fully saturated rings. The molecule has 0 saturated heterocycles. The second-order valence-corrected chi connectivity index (χ2v) is 4.47. The van der Waals surface area contributed by atoms with Crippen LogP contribution < -0.4 is 5.43 Å². The van der Waals surface area contributed by atoms with Crippen molar-refractivity contribution in [1.82, 2.24) is 5.43 Å². The quantitative estimate of drug-likeness (QED) is 0.646. The topological polar surface area (TPSA) is 41.5 Å². The lowest BCUT2D eigenvalue weighted by atomic mass is 10.2. The van der Waals surface area contributed by atoms with E-state index in [4.69, 9.17) is 23.2 Å². The minimum absolute atomic E-state index is 0.0868. The molecule has 0 aliphatic rings. The molecule has 1 rings (SSSR count). The number of hydrazone groups is 1. The third kappa shape index (κ3) is 5.71. The molecule has 0 aromatic heterocycles. The van der Waals surface area contributed by atoms with Crippen molar-refractivity contribution in [1.29, 1.82) is 0 Å². The Labute approximate surface area is 111 Å². The first-order valence-electron chi connectivity index (χ1n) is 5.40. The maximum Gasteiger partial charge on any atom is 0.240 e. The lowest BCUT2D eigenvalue weighted by Gasteiger charge is -1.99. The molecule has 3 nitrogen and oxygen atoms in total. The molecule has 1 aromatic carbocycles. The standard InChI is InChI=1S/C12H14Cl2N2O/c1-2-3-4-12(17)16-15-8-9-5-10(13)7-11(14)6-9/h5-8H,2-4H2,1H3,(H,16,17). The van der Waals surface area contributed by atoms with Crippen molar-refractivity contribution < 1.29 is 4.79 Å². The van der Waals surface area contributed by atoms with Gasteiger partial charge in [0.25, 0.3) is 0 Å². The monoisotopic (exact) mass is 272 g/mol. The number of hydrogen-bond acceptors (Lipinski definition) is 2. The van der Waals surface area contributed by atoms with Crippen LogP contribution in [0, 0.1) is 0 Å². The smallest absolute Gasteiger partial charge is 0.240 e. The Morgan fingerprint density at radius 1 is 1.35 bits per heavy atom. The molecule has 0 atom stereocenters. The molecule has 5 heteroatoms. The number of benzene rings is 1. The summed E-state index contributed by atoms with van der Waals surface area (Å²) in [6, 6.07) is 5.07. The predicted molar refractivity (Wildman–Crippen MR) is 71.7 cm³/mol. The van der Waals surface area contributed by atoms with Gasteiger partial charge in [-0.25, -0.2) is 5.43 Å².